The SMILES string of the molecule is NCc1cc(Cl)ccc1SCC1CCCC1. The lowest BCUT2D eigenvalue weighted by Crippen LogP contribution is -2.01. The Morgan fingerprint density at radius 3 is 2.75 bits per heavy atom. The van der Waals surface area contributed by atoms with Crippen LogP contribution in [-0.2, 0) is 6.54 Å². The summed E-state index contributed by atoms with van der Waals surface area (Å²) in [4.78, 5) is 1.30. The van der Waals surface area contributed by atoms with E-state index in [9.17, 15) is 0 Å². The van der Waals surface area contributed by atoms with Gasteiger partial charge < -0.3 is 5.73 Å². The number of rotatable bonds is 4. The first-order chi connectivity index (χ1) is 7.79. The monoisotopic (exact) mass is 255 g/mol. The summed E-state index contributed by atoms with van der Waals surface area (Å²) in [6.07, 6.45) is 5.63. The summed E-state index contributed by atoms with van der Waals surface area (Å²) in [5.74, 6) is 2.14. The van der Waals surface area contributed by atoms with Crippen LogP contribution in [0.4, 0.5) is 0 Å². The molecule has 0 atom stereocenters. The maximum atomic E-state index is 5.96. The Bertz CT molecular complexity index is 348. The summed E-state index contributed by atoms with van der Waals surface area (Å²) in [5.41, 5.74) is 6.91. The van der Waals surface area contributed by atoms with Crippen LogP contribution in [0.1, 0.15) is 31.2 Å². The molecule has 2 N–H and O–H groups in total. The van der Waals surface area contributed by atoms with Gasteiger partial charge in [-0.1, -0.05) is 24.4 Å². The van der Waals surface area contributed by atoms with Gasteiger partial charge in [-0.3, -0.25) is 0 Å². The normalized spacial score (nSPS) is 16.9. The molecule has 0 heterocycles. The van der Waals surface area contributed by atoms with Gasteiger partial charge in [0.05, 0.1) is 0 Å². The Morgan fingerprint density at radius 1 is 1.31 bits per heavy atom. The standard InChI is InChI=1S/C13H18ClNS/c14-12-5-6-13(11(7-12)8-15)16-9-10-3-1-2-4-10/h5-7,10H,1-4,8-9,15H2. The maximum Gasteiger partial charge on any atom is 0.0410 e. The van der Waals surface area contributed by atoms with Gasteiger partial charge in [0.25, 0.3) is 0 Å². The van der Waals surface area contributed by atoms with Crippen molar-refractivity contribution >= 4 is 23.4 Å². The van der Waals surface area contributed by atoms with Gasteiger partial charge in [-0.25, -0.2) is 0 Å². The first-order valence-electron chi connectivity index (χ1n) is 5.91. The molecule has 88 valence electrons. The molecule has 1 aliphatic carbocycles. The lowest BCUT2D eigenvalue weighted by Gasteiger charge is -2.11. The fourth-order valence-corrected chi connectivity index (χ4v) is 3.67. The number of benzene rings is 1. The Kier molecular flexibility index (Phi) is 4.56. The second-order valence-electron chi connectivity index (χ2n) is 4.42. The van der Waals surface area contributed by atoms with Crippen LogP contribution in [0, 0.1) is 5.92 Å². The number of halogens is 1. The maximum absolute atomic E-state index is 5.96. The Morgan fingerprint density at radius 2 is 2.06 bits per heavy atom. The smallest absolute Gasteiger partial charge is 0.0410 e. The minimum Gasteiger partial charge on any atom is -0.326 e. The zero-order chi connectivity index (χ0) is 11.4. The van der Waals surface area contributed by atoms with E-state index in [0.29, 0.717) is 6.54 Å². The van der Waals surface area contributed by atoms with Crippen LogP contribution in [0.25, 0.3) is 0 Å². The van der Waals surface area contributed by atoms with Gasteiger partial charge in [-0.15, -0.1) is 11.8 Å². The highest BCUT2D eigenvalue weighted by molar-refractivity contribution is 7.99. The van der Waals surface area contributed by atoms with Gasteiger partial charge in [-0.05, 0) is 42.5 Å². The fourth-order valence-electron chi connectivity index (χ4n) is 2.23. The molecular formula is C13H18ClNS. The van der Waals surface area contributed by atoms with Crippen molar-refractivity contribution in [2.75, 3.05) is 5.75 Å². The van der Waals surface area contributed by atoms with Gasteiger partial charge in [0.2, 0.25) is 0 Å². The van der Waals surface area contributed by atoms with E-state index >= 15 is 0 Å². The van der Waals surface area contributed by atoms with Crippen molar-refractivity contribution in [2.24, 2.45) is 11.7 Å². The molecule has 1 saturated carbocycles. The minimum absolute atomic E-state index is 0.577. The Balaban J connectivity index is 1.97. The van der Waals surface area contributed by atoms with Gasteiger partial charge in [0.1, 0.15) is 0 Å². The first kappa shape index (κ1) is 12.3. The predicted molar refractivity (Wildman–Crippen MR) is 72.0 cm³/mol. The van der Waals surface area contributed by atoms with E-state index in [2.05, 4.69) is 6.07 Å². The van der Waals surface area contributed by atoms with Crippen molar-refractivity contribution in [1.29, 1.82) is 0 Å². The van der Waals surface area contributed by atoms with Gasteiger partial charge in [0.15, 0.2) is 0 Å². The van der Waals surface area contributed by atoms with E-state index in [0.717, 1.165) is 10.9 Å². The summed E-state index contributed by atoms with van der Waals surface area (Å²) >= 11 is 7.90. The van der Waals surface area contributed by atoms with Crippen molar-refractivity contribution in [2.45, 2.75) is 37.1 Å². The first-order valence-corrected chi connectivity index (χ1v) is 7.27. The summed E-state index contributed by atoms with van der Waals surface area (Å²) in [5, 5.41) is 0.783. The number of hydrogen-bond acceptors (Lipinski definition) is 2. The molecular weight excluding hydrogens is 238 g/mol. The molecule has 2 rings (SSSR count). The third kappa shape index (κ3) is 3.16. The molecule has 16 heavy (non-hydrogen) atoms. The number of thioether (sulfide) groups is 1. The van der Waals surface area contributed by atoms with Crippen LogP contribution in [0.15, 0.2) is 23.1 Å². The largest absolute Gasteiger partial charge is 0.326 e. The van der Waals surface area contributed by atoms with E-state index in [-0.39, 0.29) is 0 Å². The zero-order valence-corrected chi connectivity index (χ0v) is 11.0. The van der Waals surface area contributed by atoms with Crippen LogP contribution in [0.3, 0.4) is 0 Å². The molecule has 1 aliphatic rings. The van der Waals surface area contributed by atoms with Gasteiger partial charge >= 0.3 is 0 Å². The molecule has 0 amide bonds. The summed E-state index contributed by atoms with van der Waals surface area (Å²) in [6, 6.07) is 6.04. The van der Waals surface area contributed by atoms with Crippen LogP contribution >= 0.6 is 23.4 Å². The third-order valence-electron chi connectivity index (χ3n) is 3.19. The lowest BCUT2D eigenvalue weighted by molar-refractivity contribution is 0.623. The van der Waals surface area contributed by atoms with E-state index in [4.69, 9.17) is 17.3 Å². The second kappa shape index (κ2) is 5.95. The molecule has 0 saturated heterocycles. The lowest BCUT2D eigenvalue weighted by atomic mass is 10.1. The summed E-state index contributed by atoms with van der Waals surface area (Å²) in [7, 11) is 0. The molecule has 0 unspecified atom stereocenters. The molecule has 0 bridgehead atoms. The van der Waals surface area contributed by atoms with Crippen LogP contribution in [0.5, 0.6) is 0 Å². The molecule has 0 aliphatic heterocycles. The highest BCUT2D eigenvalue weighted by Crippen LogP contribution is 2.33. The highest BCUT2D eigenvalue weighted by atomic mass is 35.5. The highest BCUT2D eigenvalue weighted by Gasteiger charge is 2.15. The van der Waals surface area contributed by atoms with Crippen molar-refractivity contribution in [3.8, 4) is 0 Å². The van der Waals surface area contributed by atoms with Gasteiger partial charge in [-0.2, -0.15) is 0 Å². The number of hydrogen-bond donors (Lipinski definition) is 1. The van der Waals surface area contributed by atoms with Crippen molar-refractivity contribution in [3.05, 3.63) is 28.8 Å². The third-order valence-corrected chi connectivity index (χ3v) is 4.77. The quantitative estimate of drug-likeness (QED) is 0.821. The van der Waals surface area contributed by atoms with Crippen molar-refractivity contribution in [3.63, 3.8) is 0 Å². The Labute approximate surface area is 107 Å². The molecule has 1 aromatic carbocycles. The van der Waals surface area contributed by atoms with E-state index in [1.807, 2.05) is 23.9 Å². The van der Waals surface area contributed by atoms with E-state index in [1.54, 1.807) is 0 Å². The average Bonchev–Trinajstić information content (AvgIpc) is 2.80. The molecule has 0 radical (unpaired) electrons. The predicted octanol–water partition coefficient (Wildman–Crippen LogP) is 4.08. The van der Waals surface area contributed by atoms with Gasteiger partial charge in [0, 0.05) is 22.2 Å². The van der Waals surface area contributed by atoms with Crippen LogP contribution in [-0.4, -0.2) is 5.75 Å². The topological polar surface area (TPSA) is 26.0 Å². The van der Waals surface area contributed by atoms with E-state index in [1.165, 1.54) is 41.9 Å². The molecule has 0 aromatic heterocycles. The van der Waals surface area contributed by atoms with Crippen molar-refractivity contribution < 1.29 is 0 Å². The summed E-state index contributed by atoms with van der Waals surface area (Å²) < 4.78 is 0. The minimum atomic E-state index is 0.577. The molecule has 1 fully saturated rings. The Hall–Kier alpha value is -0.180. The number of nitrogens with two attached hydrogens (primary N) is 1. The zero-order valence-electron chi connectivity index (χ0n) is 9.42. The van der Waals surface area contributed by atoms with E-state index < -0.39 is 0 Å². The van der Waals surface area contributed by atoms with Crippen LogP contribution in [0.2, 0.25) is 5.02 Å². The average molecular weight is 256 g/mol. The molecule has 3 heteroatoms. The molecule has 0 spiro atoms. The molecule has 1 nitrogen and oxygen atoms in total. The van der Waals surface area contributed by atoms with Crippen LogP contribution < -0.4 is 5.73 Å². The fraction of sp³-hybridized carbons (Fsp3) is 0.538. The second-order valence-corrected chi connectivity index (χ2v) is 5.92. The molecule has 1 aromatic rings. The van der Waals surface area contributed by atoms with Crippen molar-refractivity contribution in [1.82, 2.24) is 0 Å². The summed E-state index contributed by atoms with van der Waals surface area (Å²) in [6.45, 7) is 0.577.